The minimum Gasteiger partial charge on any atom is -0.393 e. The molecule has 33 heteroatoms. The summed E-state index contributed by atoms with van der Waals surface area (Å²) in [6.07, 6.45) is 41.6. The minimum atomic E-state index is -3.49. The number of halogens is 1. The Balaban J connectivity index is 0.000000123. The van der Waals surface area contributed by atoms with E-state index in [9.17, 15) is 31.4 Å². The number of aliphatic hydroxyl groups excluding tert-OH is 2. The van der Waals surface area contributed by atoms with Crippen molar-refractivity contribution in [1.29, 1.82) is 0 Å². The van der Waals surface area contributed by atoms with Crippen molar-refractivity contribution >= 4 is 88.6 Å². The van der Waals surface area contributed by atoms with Gasteiger partial charge in [0.1, 0.15) is 22.9 Å². The number of anilines is 6. The van der Waals surface area contributed by atoms with E-state index in [1.54, 1.807) is 49.7 Å². The van der Waals surface area contributed by atoms with E-state index >= 15 is 0 Å². The van der Waals surface area contributed by atoms with E-state index in [1.807, 2.05) is 52.2 Å². The van der Waals surface area contributed by atoms with Crippen molar-refractivity contribution in [2.24, 2.45) is 11.8 Å². The standard InChI is InChI=1S/C30H34N8.C27H37N5O3S.C26H36N6O3S.C23H30FN5/c31-29-33-30(32-24-13-10-20-11-14-25(15-12-22(20)18-24)37-16-3-4-17-37)36-38(29)27-19-23-8-5-7-21-6-1-2-9-26(21)28(23)35-34-27;1-2-3-15-28-27-29-18-24-25(19-32(26(24)30-27)21-9-11-22(33)12-10-21)20-7-13-23(14-8-20)36(34,35)31-16-5-4-6-17-31;1-2-3-15-27-26-28-18-23-24(30-32(25(23)29-26)20-9-11-21(33)12-10-20)19-7-13-22(14-8-19)36(34,35)31-16-5-4-6-17-31;1-3-4-13-25-23-26-14-20-21(18-9-11-19(24)12-10-18)28-29(22(20)27-23)15-17-7-5-16(2)6-8-17/h1-2,6,9-10,13,18-19,25H,3-5,7-8,11-12,14-17H2,(H3,31,32,33,36);7-8,13-14,18-19,21-22,33H,2-6,9-12,15-17H2,1H3,(H,28,29,30);7-8,13-14,18,20-21,33H,2-6,9-12,15-17H2,1H3,(H,27,28,29);9-12,14,16-17H,3-8,13,15H2,1-2H3,(H,25,26,27)/t25-;;;/m0.../s1. The molecule has 3 saturated carbocycles. The summed E-state index contributed by atoms with van der Waals surface area (Å²) in [6.45, 7) is 17.1. The first-order chi connectivity index (χ1) is 67.8. The molecule has 3 aliphatic heterocycles. The first kappa shape index (κ1) is 97.9. The van der Waals surface area contributed by atoms with E-state index < -0.39 is 20.0 Å². The van der Waals surface area contributed by atoms with Crippen LogP contribution in [0.5, 0.6) is 0 Å². The third-order valence-corrected chi connectivity index (χ3v) is 33.2. The van der Waals surface area contributed by atoms with Crippen LogP contribution in [0, 0.1) is 17.7 Å². The number of unbranched alkanes of at least 4 members (excludes halogenated alkanes) is 3. The Kier molecular flexibility index (Phi) is 32.0. The number of aliphatic hydroxyl groups is 2. The lowest BCUT2D eigenvalue weighted by atomic mass is 9.83. The molecule has 0 bridgehead atoms. The molecule has 1 atom stereocenters. The van der Waals surface area contributed by atoms with Crippen LogP contribution in [0.4, 0.5) is 39.8 Å². The molecule has 5 aromatic carbocycles. The maximum atomic E-state index is 13.4. The van der Waals surface area contributed by atoms with Crippen LogP contribution in [-0.4, -0.2) is 197 Å². The number of sulfonamides is 2. The minimum absolute atomic E-state index is 0.154. The molecule has 8 aromatic heterocycles. The predicted molar refractivity (Wildman–Crippen MR) is 548 cm³/mol. The van der Waals surface area contributed by atoms with Crippen LogP contribution in [0.25, 0.3) is 83.8 Å². The molecular weight excluding hydrogens is 1790 g/mol. The van der Waals surface area contributed by atoms with Gasteiger partial charge in [0.25, 0.3) is 0 Å². The Bertz CT molecular complexity index is 6330. The Morgan fingerprint density at radius 2 is 0.971 bits per heavy atom. The number of nitrogens with one attached hydrogen (secondary N) is 4. The second-order valence-electron chi connectivity index (χ2n) is 39.3. The van der Waals surface area contributed by atoms with Crippen LogP contribution >= 0.6 is 0 Å². The number of likely N-dealkylation sites (tertiary alicyclic amines) is 1. The average Bonchev–Trinajstić information content (AvgIpc) is 1.66. The van der Waals surface area contributed by atoms with Gasteiger partial charge in [-0.15, -0.1) is 15.3 Å². The van der Waals surface area contributed by atoms with E-state index in [-0.39, 0.29) is 30.1 Å². The molecule has 21 rings (SSSR count). The van der Waals surface area contributed by atoms with Gasteiger partial charge in [-0.25, -0.2) is 45.5 Å². The van der Waals surface area contributed by atoms with Gasteiger partial charge in [-0.05, 0) is 286 Å². The highest BCUT2D eigenvalue weighted by molar-refractivity contribution is 7.89. The van der Waals surface area contributed by atoms with Gasteiger partial charge < -0.3 is 46.7 Å². The second-order valence-corrected chi connectivity index (χ2v) is 43.2. The third-order valence-electron chi connectivity index (χ3n) is 29.4. The van der Waals surface area contributed by atoms with Crippen LogP contribution in [0.1, 0.15) is 248 Å². The molecule has 30 nitrogen and oxygen atoms in total. The molecule has 3 saturated heterocycles. The maximum Gasteiger partial charge on any atom is 0.248 e. The largest absolute Gasteiger partial charge is 0.393 e. The van der Waals surface area contributed by atoms with Gasteiger partial charge in [0.15, 0.2) is 17.1 Å². The van der Waals surface area contributed by atoms with Crippen LogP contribution in [0.2, 0.25) is 0 Å². The van der Waals surface area contributed by atoms with Crippen molar-refractivity contribution in [2.75, 3.05) is 85.9 Å². The number of aromatic nitrogens is 16. The highest BCUT2D eigenvalue weighted by Crippen LogP contribution is 2.42. The Labute approximate surface area is 816 Å². The fraction of sp³-hybridized carbons (Fsp3) is 0.509. The van der Waals surface area contributed by atoms with Crippen LogP contribution in [-0.2, 0) is 52.3 Å². The zero-order valence-electron chi connectivity index (χ0n) is 81.1. The normalized spacial score (nSPS) is 20.5. The van der Waals surface area contributed by atoms with Crippen molar-refractivity contribution in [2.45, 2.75) is 286 Å². The fourth-order valence-corrected chi connectivity index (χ4v) is 24.2. The highest BCUT2D eigenvalue weighted by Gasteiger charge is 2.34. The summed E-state index contributed by atoms with van der Waals surface area (Å²) in [7, 11) is -6.95. The number of fused-ring (bicyclic) bond motifs is 7. The molecule has 13 aromatic rings. The van der Waals surface area contributed by atoms with E-state index in [0.29, 0.717) is 83.5 Å². The van der Waals surface area contributed by atoms with Crippen molar-refractivity contribution < 1.29 is 31.4 Å². The summed E-state index contributed by atoms with van der Waals surface area (Å²) >= 11 is 0. The van der Waals surface area contributed by atoms with Gasteiger partial charge in [0.2, 0.25) is 49.8 Å². The number of piperidine rings is 2. The number of hydrogen-bond acceptors (Lipinski definition) is 24. The molecule has 736 valence electrons. The molecule has 0 unspecified atom stereocenters. The summed E-state index contributed by atoms with van der Waals surface area (Å²) < 4.78 is 76.8. The molecule has 0 spiro atoms. The fourth-order valence-electron chi connectivity index (χ4n) is 21.2. The predicted octanol–water partition coefficient (Wildman–Crippen LogP) is 19.9. The molecule has 139 heavy (non-hydrogen) atoms. The average molecular weight is 1930 g/mol. The van der Waals surface area contributed by atoms with Gasteiger partial charge in [0, 0.05) is 123 Å². The molecule has 6 fully saturated rings. The molecule has 8 N–H and O–H groups in total. The zero-order valence-corrected chi connectivity index (χ0v) is 82.7. The highest BCUT2D eigenvalue weighted by atomic mass is 32.2. The van der Waals surface area contributed by atoms with Crippen molar-refractivity contribution in [3.05, 3.63) is 174 Å². The van der Waals surface area contributed by atoms with Gasteiger partial charge in [0.05, 0.1) is 44.5 Å². The molecule has 11 heterocycles. The van der Waals surface area contributed by atoms with E-state index in [0.717, 1.165) is 271 Å². The van der Waals surface area contributed by atoms with Gasteiger partial charge in [-0.1, -0.05) is 127 Å². The van der Waals surface area contributed by atoms with Crippen molar-refractivity contribution in [1.82, 2.24) is 92.5 Å². The lowest BCUT2D eigenvalue weighted by Gasteiger charge is -2.27. The monoisotopic (exact) mass is 1930 g/mol. The summed E-state index contributed by atoms with van der Waals surface area (Å²) in [5.41, 5.74) is 22.6. The van der Waals surface area contributed by atoms with Crippen molar-refractivity contribution in [3.8, 4) is 50.7 Å². The summed E-state index contributed by atoms with van der Waals surface area (Å²) in [5.74, 6) is 4.42. The van der Waals surface area contributed by atoms with E-state index in [4.69, 9.17) is 30.9 Å². The summed E-state index contributed by atoms with van der Waals surface area (Å²) in [4.78, 5) is 36.0. The van der Waals surface area contributed by atoms with Crippen LogP contribution in [0.15, 0.2) is 156 Å². The van der Waals surface area contributed by atoms with Gasteiger partial charge >= 0.3 is 0 Å². The SMILES string of the molecule is CCCCNc1ncc2c(-c3ccc(F)cc3)nn(CC3CCC(C)CC3)c2n1.CCCCNc1ncc2c(-c3ccc(S(=O)(=O)N4CCCCC4)cc3)cn(C3CCC(O)CC3)c2n1.CCCCNc1ncc2c(-c3ccc(S(=O)(=O)N4CCCCC4)cc3)nn(C3CCC(O)CC3)c2n1.Nc1nc(Nc2ccc3c(c2)CC[C@@H](N2CCCC2)CC3)nn1-c1cc2c(nn1)-c1ccccc1CCC2. The first-order valence-electron chi connectivity index (χ1n) is 51.5. The Hall–Kier alpha value is -11.3. The van der Waals surface area contributed by atoms with Crippen molar-refractivity contribution in [3.63, 3.8) is 0 Å². The number of nitrogen functional groups attached to an aromatic ring is 1. The smallest absolute Gasteiger partial charge is 0.248 e. The quantitative estimate of drug-likeness (QED) is 0.0186. The Morgan fingerprint density at radius 1 is 0.446 bits per heavy atom. The molecular formula is C106H137FN24O6S2. The number of nitrogens with two attached hydrogens (primary N) is 1. The molecule has 0 amide bonds. The summed E-state index contributed by atoms with van der Waals surface area (Å²) in [5, 5.41) is 59.7. The van der Waals surface area contributed by atoms with Gasteiger partial charge in [-0.2, -0.15) is 43.4 Å². The van der Waals surface area contributed by atoms with Crippen LogP contribution < -0.4 is 27.0 Å². The first-order valence-corrected chi connectivity index (χ1v) is 54.4. The summed E-state index contributed by atoms with van der Waals surface area (Å²) in [6, 6.07) is 39.1. The van der Waals surface area contributed by atoms with E-state index in [2.05, 4.69) is 148 Å². The Morgan fingerprint density at radius 3 is 1.58 bits per heavy atom. The maximum absolute atomic E-state index is 13.4. The van der Waals surface area contributed by atoms with E-state index in [1.165, 1.54) is 104 Å². The topological polar surface area (TPSA) is 367 Å². The second kappa shape index (κ2) is 45.5. The van der Waals surface area contributed by atoms with Crippen LogP contribution in [0.3, 0.4) is 0 Å². The number of hydrogen-bond donors (Lipinski definition) is 7. The number of nitrogens with zero attached hydrogens (tertiary/aromatic N) is 19. The lowest BCUT2D eigenvalue weighted by molar-refractivity contribution is 0.109. The number of aryl methyl sites for hydroxylation is 4. The molecule has 5 aliphatic carbocycles. The zero-order chi connectivity index (χ0) is 95.9. The number of rotatable bonds is 27. The third kappa shape index (κ3) is 23.3. The van der Waals surface area contributed by atoms with Gasteiger partial charge in [-0.3, -0.25) is 0 Å². The molecule has 8 aliphatic rings. The molecule has 0 radical (unpaired) electrons. The number of benzene rings is 5. The lowest BCUT2D eigenvalue weighted by Crippen LogP contribution is -2.35.